The van der Waals surface area contributed by atoms with Crippen LogP contribution in [0.3, 0.4) is 0 Å². The van der Waals surface area contributed by atoms with Gasteiger partial charge in [-0.15, -0.1) is 28.2 Å². The Morgan fingerprint density at radius 2 is 2.00 bits per heavy atom. The molecule has 2 amide bonds. The van der Waals surface area contributed by atoms with E-state index in [1.807, 2.05) is 19.0 Å². The standard InChI is InChI=1S/C28H39N9O7S3/c1-4-20(44-28(41)42-18-8-6-5-7-9-18)43-25(40)22-16(14-47-27-32-33-34-36(27)11-10-35(2)3)13-45-24-21(23(39)37(22)24)31-19(38)12-17-15-46-26(29)30-17/h15,18,20-21,24H,4-14H2,1-3H3,(H2,29,30)(H,31,38)/t20?,21-,24+/m1/s1. The van der Waals surface area contributed by atoms with Gasteiger partial charge in [0.25, 0.3) is 12.2 Å². The van der Waals surface area contributed by atoms with Crippen LogP contribution in [0.2, 0.25) is 0 Å². The highest BCUT2D eigenvalue weighted by atomic mass is 32.2. The highest BCUT2D eigenvalue weighted by Crippen LogP contribution is 2.42. The Morgan fingerprint density at radius 1 is 1.21 bits per heavy atom. The first-order valence-corrected chi connectivity index (χ1v) is 18.3. The Balaban J connectivity index is 1.29. The molecule has 5 rings (SSSR count). The number of amides is 2. The number of thiazole rings is 1. The molecule has 2 fully saturated rings. The van der Waals surface area contributed by atoms with Gasteiger partial charge in [-0.3, -0.25) is 14.5 Å². The zero-order chi connectivity index (χ0) is 33.5. The maximum absolute atomic E-state index is 13.8. The van der Waals surface area contributed by atoms with Crippen LogP contribution in [-0.4, -0.2) is 115 Å². The summed E-state index contributed by atoms with van der Waals surface area (Å²) in [5.74, 6) is -0.985. The molecule has 3 N–H and O–H groups in total. The molecule has 19 heteroatoms. The molecule has 1 saturated carbocycles. The predicted molar refractivity (Wildman–Crippen MR) is 174 cm³/mol. The van der Waals surface area contributed by atoms with Gasteiger partial charge >= 0.3 is 12.1 Å². The van der Waals surface area contributed by atoms with Gasteiger partial charge in [0, 0.05) is 29.9 Å². The van der Waals surface area contributed by atoms with Gasteiger partial charge in [0.1, 0.15) is 23.2 Å². The third kappa shape index (κ3) is 8.94. The summed E-state index contributed by atoms with van der Waals surface area (Å²) in [6, 6.07) is -0.845. The number of nitrogens with one attached hydrogen (secondary N) is 1. The first kappa shape index (κ1) is 34.9. The van der Waals surface area contributed by atoms with Gasteiger partial charge in [0.15, 0.2) is 5.13 Å². The highest BCUT2D eigenvalue weighted by Gasteiger charge is 2.54. The van der Waals surface area contributed by atoms with Crippen LogP contribution >= 0.6 is 34.9 Å². The fourth-order valence-corrected chi connectivity index (χ4v) is 8.23. The maximum Gasteiger partial charge on any atom is 0.511 e. The molecule has 3 atom stereocenters. The number of rotatable bonds is 14. The second-order valence-electron chi connectivity index (χ2n) is 11.5. The Hall–Kier alpha value is -3.42. The topological polar surface area (TPSA) is 197 Å². The normalized spacial score (nSPS) is 20.4. The van der Waals surface area contributed by atoms with Crippen LogP contribution in [0.4, 0.5) is 9.93 Å². The lowest BCUT2D eigenvalue weighted by Crippen LogP contribution is -2.70. The van der Waals surface area contributed by atoms with E-state index in [0.29, 0.717) is 39.6 Å². The van der Waals surface area contributed by atoms with Gasteiger partial charge in [-0.1, -0.05) is 25.1 Å². The maximum atomic E-state index is 13.8. The number of thioether (sulfide) groups is 2. The van der Waals surface area contributed by atoms with E-state index >= 15 is 0 Å². The fourth-order valence-electron chi connectivity index (χ4n) is 5.28. The lowest BCUT2D eigenvalue weighted by molar-refractivity contribution is -0.173. The molecule has 0 aromatic carbocycles. The summed E-state index contributed by atoms with van der Waals surface area (Å²) in [4.78, 5) is 60.0. The number of anilines is 1. The molecule has 1 aliphatic carbocycles. The van der Waals surface area contributed by atoms with Crippen molar-refractivity contribution in [1.82, 2.24) is 40.3 Å². The largest absolute Gasteiger partial charge is 0.511 e. The monoisotopic (exact) mass is 709 g/mol. The molecular formula is C28H39N9O7S3. The van der Waals surface area contributed by atoms with Gasteiger partial charge in [-0.25, -0.2) is 19.3 Å². The fraction of sp³-hybridized carbons (Fsp3) is 0.643. The summed E-state index contributed by atoms with van der Waals surface area (Å²) >= 11 is 3.98. The molecule has 47 heavy (non-hydrogen) atoms. The molecule has 3 aliphatic rings. The summed E-state index contributed by atoms with van der Waals surface area (Å²) in [6.45, 7) is 3.00. The van der Waals surface area contributed by atoms with E-state index in [1.165, 1.54) is 39.8 Å². The summed E-state index contributed by atoms with van der Waals surface area (Å²) in [6.07, 6.45) is 2.40. The molecule has 16 nitrogen and oxygen atoms in total. The van der Waals surface area contributed by atoms with Crippen LogP contribution in [0.15, 0.2) is 21.8 Å². The van der Waals surface area contributed by atoms with Crippen molar-refractivity contribution in [2.45, 2.75) is 87.4 Å². The molecule has 0 spiro atoms. The van der Waals surface area contributed by atoms with Gasteiger partial charge in [-0.05, 0) is 55.8 Å². The van der Waals surface area contributed by atoms with Crippen LogP contribution in [-0.2, 0) is 41.6 Å². The van der Waals surface area contributed by atoms with Crippen molar-refractivity contribution < 1.29 is 33.4 Å². The molecule has 2 aliphatic heterocycles. The van der Waals surface area contributed by atoms with Crippen molar-refractivity contribution in [2.75, 3.05) is 37.9 Å². The molecule has 1 saturated heterocycles. The number of carbonyl (C=O) groups is 4. The highest BCUT2D eigenvalue weighted by molar-refractivity contribution is 8.01. The Bertz CT molecular complexity index is 1480. The van der Waals surface area contributed by atoms with Crippen molar-refractivity contribution in [2.24, 2.45) is 0 Å². The van der Waals surface area contributed by atoms with Crippen molar-refractivity contribution in [3.05, 3.63) is 22.3 Å². The zero-order valence-electron chi connectivity index (χ0n) is 26.5. The molecule has 1 unspecified atom stereocenters. The third-order valence-corrected chi connectivity index (χ3v) is 10.8. The summed E-state index contributed by atoms with van der Waals surface area (Å²) in [5.41, 5.74) is 6.86. The molecule has 0 bridgehead atoms. The zero-order valence-corrected chi connectivity index (χ0v) is 28.9. The number of tetrazole rings is 1. The van der Waals surface area contributed by atoms with Crippen LogP contribution in [0.5, 0.6) is 0 Å². The van der Waals surface area contributed by atoms with Crippen molar-refractivity contribution in [3.63, 3.8) is 0 Å². The second kappa shape index (κ2) is 16.1. The number of aromatic nitrogens is 5. The van der Waals surface area contributed by atoms with E-state index in [9.17, 15) is 19.2 Å². The average molecular weight is 710 g/mol. The van der Waals surface area contributed by atoms with Crippen LogP contribution < -0.4 is 11.1 Å². The molecule has 4 heterocycles. The van der Waals surface area contributed by atoms with E-state index in [0.717, 1.165) is 38.6 Å². The summed E-state index contributed by atoms with van der Waals surface area (Å²) < 4.78 is 18.2. The number of likely N-dealkylation sites (N-methyl/N-ethyl adjacent to an activating group) is 1. The van der Waals surface area contributed by atoms with Crippen molar-refractivity contribution in [1.29, 1.82) is 0 Å². The molecular weight excluding hydrogens is 671 g/mol. The number of carbonyl (C=O) groups excluding carboxylic acids is 4. The number of fused-ring (bicyclic) bond motifs is 1. The minimum atomic E-state index is -1.22. The molecule has 2 aromatic rings. The van der Waals surface area contributed by atoms with E-state index < -0.39 is 35.7 Å². The van der Waals surface area contributed by atoms with Gasteiger partial charge in [0.2, 0.25) is 11.1 Å². The summed E-state index contributed by atoms with van der Waals surface area (Å²) in [5, 5.41) is 16.8. The van der Waals surface area contributed by atoms with Gasteiger partial charge in [-0.2, -0.15) is 0 Å². The molecule has 256 valence electrons. The Morgan fingerprint density at radius 3 is 2.70 bits per heavy atom. The van der Waals surface area contributed by atoms with E-state index in [-0.39, 0.29) is 30.5 Å². The van der Waals surface area contributed by atoms with Gasteiger partial charge < -0.3 is 30.2 Å². The van der Waals surface area contributed by atoms with Crippen LogP contribution in [0.1, 0.15) is 51.1 Å². The minimum absolute atomic E-state index is 0.0312. The number of nitrogen functional groups attached to an aromatic ring is 1. The number of β-lactam (4-membered cyclic amide) rings is 1. The van der Waals surface area contributed by atoms with Crippen molar-refractivity contribution in [3.8, 4) is 0 Å². The Kier molecular flexibility index (Phi) is 12.0. The van der Waals surface area contributed by atoms with Gasteiger partial charge in [0.05, 0.1) is 18.7 Å². The van der Waals surface area contributed by atoms with Crippen molar-refractivity contribution >= 4 is 63.9 Å². The minimum Gasteiger partial charge on any atom is -0.431 e. The lowest BCUT2D eigenvalue weighted by atomic mass is 9.98. The third-order valence-electron chi connectivity index (χ3n) is 7.72. The lowest BCUT2D eigenvalue weighted by Gasteiger charge is -2.49. The number of ether oxygens (including phenoxy) is 3. The van der Waals surface area contributed by atoms with E-state index in [4.69, 9.17) is 19.9 Å². The Labute approximate surface area is 284 Å². The average Bonchev–Trinajstić information content (AvgIpc) is 3.68. The second-order valence-corrected chi connectivity index (χ2v) is 14.5. The molecule has 0 radical (unpaired) electrons. The first-order chi connectivity index (χ1) is 22.6. The number of hydrogen-bond acceptors (Lipinski definition) is 16. The quantitative estimate of drug-likeness (QED) is 0.125. The van der Waals surface area contributed by atoms with E-state index in [2.05, 4.69) is 25.8 Å². The number of esters is 1. The number of nitrogens with two attached hydrogens (primary N) is 1. The summed E-state index contributed by atoms with van der Waals surface area (Å²) in [7, 11) is 3.90. The smallest absolute Gasteiger partial charge is 0.431 e. The first-order valence-electron chi connectivity index (χ1n) is 15.4. The number of hydrogen-bond donors (Lipinski definition) is 2. The molecule has 2 aromatic heterocycles. The SMILES string of the molecule is CCC(OC(=O)OC1CCCCC1)OC(=O)C1=C(CSc2nnnn2CCN(C)C)CS[C@H]2[C@H](NC(=O)Cc3csc(N)n3)C(=O)N12. The predicted octanol–water partition coefficient (Wildman–Crippen LogP) is 2.03. The van der Waals surface area contributed by atoms with Crippen LogP contribution in [0.25, 0.3) is 0 Å². The number of nitrogens with zero attached hydrogens (tertiary/aromatic N) is 7. The van der Waals surface area contributed by atoms with Crippen LogP contribution in [0, 0.1) is 0 Å². The van der Waals surface area contributed by atoms with E-state index in [1.54, 1.807) is 17.0 Å².